The zero-order valence-corrected chi connectivity index (χ0v) is 10.5. The number of rotatable bonds is 4. The van der Waals surface area contributed by atoms with Crippen LogP contribution in [0, 0.1) is 0 Å². The molecule has 2 N–H and O–H groups in total. The molecule has 100 valence electrons. The van der Waals surface area contributed by atoms with E-state index < -0.39 is 0 Å². The summed E-state index contributed by atoms with van der Waals surface area (Å²) >= 11 is 0. The van der Waals surface area contributed by atoms with Crippen LogP contribution < -0.4 is 15.4 Å². The molecule has 1 aromatic carbocycles. The Labute approximate surface area is 110 Å². The van der Waals surface area contributed by atoms with Crippen molar-refractivity contribution in [3.05, 3.63) is 18.2 Å². The zero-order valence-electron chi connectivity index (χ0n) is 10.5. The third-order valence-electron chi connectivity index (χ3n) is 2.60. The molecule has 2 rings (SSSR count). The molecule has 1 aromatic rings. The lowest BCUT2D eigenvalue weighted by molar-refractivity contribution is -0.121. The Bertz CT molecular complexity index is 539. The number of carbonyl (C=O) groups is 3. The van der Waals surface area contributed by atoms with Gasteiger partial charge in [0.05, 0.1) is 5.69 Å². The molecule has 2 amide bonds. The smallest absolute Gasteiger partial charge is 0.262 e. The van der Waals surface area contributed by atoms with Crippen LogP contribution in [-0.4, -0.2) is 24.2 Å². The number of ether oxygens (including phenoxy) is 1. The van der Waals surface area contributed by atoms with E-state index in [-0.39, 0.29) is 37.0 Å². The van der Waals surface area contributed by atoms with Crippen molar-refractivity contribution >= 4 is 29.0 Å². The van der Waals surface area contributed by atoms with Crippen molar-refractivity contribution in [3.63, 3.8) is 0 Å². The number of benzene rings is 1. The highest BCUT2D eigenvalue weighted by Crippen LogP contribution is 2.30. The van der Waals surface area contributed by atoms with Gasteiger partial charge in [0.1, 0.15) is 11.5 Å². The summed E-state index contributed by atoms with van der Waals surface area (Å²) in [5.74, 6) is 0.0772. The molecule has 6 nitrogen and oxygen atoms in total. The van der Waals surface area contributed by atoms with Gasteiger partial charge in [-0.05, 0) is 25.1 Å². The van der Waals surface area contributed by atoms with Gasteiger partial charge < -0.3 is 20.2 Å². The van der Waals surface area contributed by atoms with Crippen molar-refractivity contribution in [1.29, 1.82) is 0 Å². The van der Waals surface area contributed by atoms with Gasteiger partial charge in [-0.2, -0.15) is 0 Å². The van der Waals surface area contributed by atoms with E-state index in [9.17, 15) is 14.4 Å². The molecule has 0 aliphatic carbocycles. The molecule has 6 heteroatoms. The van der Waals surface area contributed by atoms with Crippen LogP contribution >= 0.6 is 0 Å². The summed E-state index contributed by atoms with van der Waals surface area (Å²) in [5, 5.41) is 5.32. The lowest BCUT2D eigenvalue weighted by Gasteiger charge is -2.18. The maximum atomic E-state index is 11.6. The minimum Gasteiger partial charge on any atom is -0.482 e. The number of hydrogen-bond acceptors (Lipinski definition) is 4. The molecule has 0 spiro atoms. The first-order chi connectivity index (χ1) is 9.04. The van der Waals surface area contributed by atoms with Crippen LogP contribution in [0.2, 0.25) is 0 Å². The van der Waals surface area contributed by atoms with Crippen LogP contribution in [0.25, 0.3) is 0 Å². The first-order valence-electron chi connectivity index (χ1n) is 5.90. The second-order valence-electron chi connectivity index (χ2n) is 4.30. The Morgan fingerprint density at radius 2 is 2.16 bits per heavy atom. The van der Waals surface area contributed by atoms with E-state index in [0.29, 0.717) is 17.1 Å². The molecule has 1 aliphatic rings. The Morgan fingerprint density at radius 3 is 2.89 bits per heavy atom. The van der Waals surface area contributed by atoms with E-state index in [1.165, 1.54) is 6.92 Å². The van der Waals surface area contributed by atoms with E-state index in [1.54, 1.807) is 18.2 Å². The van der Waals surface area contributed by atoms with Gasteiger partial charge in [0.25, 0.3) is 5.91 Å². The Balaban J connectivity index is 2.01. The summed E-state index contributed by atoms with van der Waals surface area (Å²) in [6.45, 7) is 1.44. The minimum absolute atomic E-state index is 0.00266. The summed E-state index contributed by atoms with van der Waals surface area (Å²) in [5.41, 5.74) is 1.08. The number of ketones is 1. The topological polar surface area (TPSA) is 84.5 Å². The van der Waals surface area contributed by atoms with Crippen molar-refractivity contribution in [2.75, 3.05) is 17.2 Å². The highest BCUT2D eigenvalue weighted by atomic mass is 16.5. The third-order valence-corrected chi connectivity index (χ3v) is 2.60. The van der Waals surface area contributed by atoms with Crippen LogP contribution in [-0.2, 0) is 14.4 Å². The van der Waals surface area contributed by atoms with E-state index >= 15 is 0 Å². The number of carbonyl (C=O) groups excluding carboxylic acids is 3. The lowest BCUT2D eigenvalue weighted by Crippen LogP contribution is -2.25. The average Bonchev–Trinajstić information content (AvgIpc) is 2.36. The SMILES string of the molecule is CC(=O)CCC(=O)Nc1ccc2c(c1)NC(=O)CO2. The monoisotopic (exact) mass is 262 g/mol. The summed E-state index contributed by atoms with van der Waals surface area (Å²) in [4.78, 5) is 33.5. The highest BCUT2D eigenvalue weighted by Gasteiger charge is 2.16. The largest absolute Gasteiger partial charge is 0.482 e. The highest BCUT2D eigenvalue weighted by molar-refractivity contribution is 5.98. The van der Waals surface area contributed by atoms with E-state index in [4.69, 9.17) is 4.74 Å². The van der Waals surface area contributed by atoms with Crippen molar-refractivity contribution < 1.29 is 19.1 Å². The van der Waals surface area contributed by atoms with Crippen LogP contribution in [0.15, 0.2) is 18.2 Å². The molecule has 1 heterocycles. The lowest BCUT2D eigenvalue weighted by atomic mass is 10.2. The summed E-state index contributed by atoms with van der Waals surface area (Å²) in [6, 6.07) is 4.98. The molecular formula is C13H14N2O4. The van der Waals surface area contributed by atoms with E-state index in [0.717, 1.165) is 0 Å². The van der Waals surface area contributed by atoms with Gasteiger partial charge in [-0.3, -0.25) is 9.59 Å². The normalized spacial score (nSPS) is 13.0. The first kappa shape index (κ1) is 13.1. The number of Topliss-reactive ketones (excluding diaryl/α,β-unsaturated/α-hetero) is 1. The van der Waals surface area contributed by atoms with Gasteiger partial charge in [-0.15, -0.1) is 0 Å². The van der Waals surface area contributed by atoms with Crippen LogP contribution in [0.4, 0.5) is 11.4 Å². The molecule has 0 fully saturated rings. The quantitative estimate of drug-likeness (QED) is 0.857. The second-order valence-corrected chi connectivity index (χ2v) is 4.30. The van der Waals surface area contributed by atoms with Gasteiger partial charge in [0, 0.05) is 18.5 Å². The van der Waals surface area contributed by atoms with Crippen LogP contribution in [0.1, 0.15) is 19.8 Å². The third kappa shape index (κ3) is 3.54. The summed E-state index contributed by atoms with van der Waals surface area (Å²) in [6.07, 6.45) is 0.367. The van der Waals surface area contributed by atoms with Gasteiger partial charge in [-0.25, -0.2) is 0 Å². The van der Waals surface area contributed by atoms with Gasteiger partial charge in [0.2, 0.25) is 5.91 Å². The van der Waals surface area contributed by atoms with Crippen molar-refractivity contribution in [3.8, 4) is 5.75 Å². The molecule has 0 radical (unpaired) electrons. The second kappa shape index (κ2) is 5.51. The Hall–Kier alpha value is -2.37. The number of amides is 2. The molecule has 0 unspecified atom stereocenters. The van der Waals surface area contributed by atoms with Crippen LogP contribution in [0.5, 0.6) is 5.75 Å². The predicted molar refractivity (Wildman–Crippen MR) is 69.1 cm³/mol. The maximum absolute atomic E-state index is 11.6. The molecule has 0 aromatic heterocycles. The van der Waals surface area contributed by atoms with Crippen molar-refractivity contribution in [2.24, 2.45) is 0 Å². The van der Waals surface area contributed by atoms with Crippen LogP contribution in [0.3, 0.4) is 0 Å². The molecular weight excluding hydrogens is 248 g/mol. The molecule has 1 aliphatic heterocycles. The fourth-order valence-electron chi connectivity index (χ4n) is 1.67. The van der Waals surface area contributed by atoms with Crippen molar-refractivity contribution in [1.82, 2.24) is 0 Å². The average molecular weight is 262 g/mol. The van der Waals surface area contributed by atoms with E-state index in [2.05, 4.69) is 10.6 Å². The van der Waals surface area contributed by atoms with Gasteiger partial charge in [0.15, 0.2) is 6.61 Å². The number of fused-ring (bicyclic) bond motifs is 1. The van der Waals surface area contributed by atoms with Gasteiger partial charge in [-0.1, -0.05) is 0 Å². The molecule has 0 bridgehead atoms. The minimum atomic E-state index is -0.238. The number of hydrogen-bond donors (Lipinski definition) is 2. The molecule has 0 saturated carbocycles. The molecule has 19 heavy (non-hydrogen) atoms. The first-order valence-corrected chi connectivity index (χ1v) is 5.90. The maximum Gasteiger partial charge on any atom is 0.262 e. The predicted octanol–water partition coefficient (Wildman–Crippen LogP) is 1.33. The summed E-state index contributed by atoms with van der Waals surface area (Å²) < 4.78 is 5.21. The number of nitrogens with one attached hydrogen (secondary N) is 2. The van der Waals surface area contributed by atoms with E-state index in [1.807, 2.05) is 0 Å². The fourth-order valence-corrected chi connectivity index (χ4v) is 1.67. The van der Waals surface area contributed by atoms with Crippen molar-refractivity contribution in [2.45, 2.75) is 19.8 Å². The molecule has 0 atom stereocenters. The number of anilines is 2. The summed E-state index contributed by atoms with van der Waals surface area (Å²) in [7, 11) is 0. The van der Waals surface area contributed by atoms with Gasteiger partial charge >= 0.3 is 0 Å². The standard InChI is InChI=1S/C13H14N2O4/c1-8(16)2-5-12(17)14-9-3-4-11-10(6-9)15-13(18)7-19-11/h3-4,6H,2,5,7H2,1H3,(H,14,17)(H,15,18). The Kier molecular flexibility index (Phi) is 3.79. The zero-order chi connectivity index (χ0) is 13.8. The molecule has 0 saturated heterocycles. The Morgan fingerprint density at radius 1 is 1.37 bits per heavy atom. The fraction of sp³-hybridized carbons (Fsp3) is 0.308.